The molecule has 0 radical (unpaired) electrons. The fourth-order valence-electron chi connectivity index (χ4n) is 1.86. The number of nitrogens with zero attached hydrogens (tertiary/aromatic N) is 1. The Labute approximate surface area is 136 Å². The zero-order valence-electron chi connectivity index (χ0n) is 13.7. The molecule has 0 saturated heterocycles. The third kappa shape index (κ3) is 6.78. The van der Waals surface area contributed by atoms with Gasteiger partial charge in [0, 0.05) is 32.3 Å². The summed E-state index contributed by atoms with van der Waals surface area (Å²) in [4.78, 5) is 36.7. The first kappa shape index (κ1) is 18.4. The molecular formula is C17H23N3O3. The van der Waals surface area contributed by atoms with Crippen LogP contribution in [0.25, 0.3) is 0 Å². The maximum Gasteiger partial charge on any atom is 0.246 e. The Morgan fingerprint density at radius 2 is 1.83 bits per heavy atom. The van der Waals surface area contributed by atoms with Crippen molar-refractivity contribution in [3.63, 3.8) is 0 Å². The number of benzene rings is 1. The molecule has 0 fully saturated rings. The Bertz CT molecular complexity index is 570. The van der Waals surface area contributed by atoms with Gasteiger partial charge in [0.25, 0.3) is 0 Å². The van der Waals surface area contributed by atoms with Crippen LogP contribution in [0.15, 0.2) is 42.5 Å². The molecule has 124 valence electrons. The van der Waals surface area contributed by atoms with E-state index in [1.807, 2.05) is 30.3 Å². The van der Waals surface area contributed by atoms with Gasteiger partial charge in [-0.15, -0.1) is 0 Å². The number of likely N-dealkylation sites (N-methyl/N-ethyl adjacent to an activating group) is 2. The van der Waals surface area contributed by atoms with Gasteiger partial charge in [-0.25, -0.2) is 0 Å². The molecular weight excluding hydrogens is 294 g/mol. The summed E-state index contributed by atoms with van der Waals surface area (Å²) in [5, 5.41) is 5.11. The zero-order chi connectivity index (χ0) is 17.2. The third-order valence-corrected chi connectivity index (χ3v) is 3.12. The highest BCUT2D eigenvalue weighted by Gasteiger charge is 2.13. The summed E-state index contributed by atoms with van der Waals surface area (Å²) in [7, 11) is 1.66. The molecule has 6 heteroatoms. The van der Waals surface area contributed by atoms with Crippen LogP contribution >= 0.6 is 0 Å². The first-order chi connectivity index (χ1) is 10.9. The Balaban J connectivity index is 2.47. The first-order valence-corrected chi connectivity index (χ1v) is 7.49. The van der Waals surface area contributed by atoms with Crippen LogP contribution in [0.2, 0.25) is 0 Å². The van der Waals surface area contributed by atoms with Crippen molar-refractivity contribution in [1.29, 1.82) is 0 Å². The minimum Gasteiger partial charge on any atom is -0.355 e. The normalized spacial score (nSPS) is 11.8. The van der Waals surface area contributed by atoms with Gasteiger partial charge in [0.1, 0.15) is 6.04 Å². The van der Waals surface area contributed by atoms with E-state index in [9.17, 15) is 14.4 Å². The monoisotopic (exact) mass is 317 g/mol. The van der Waals surface area contributed by atoms with Gasteiger partial charge in [-0.3, -0.25) is 14.4 Å². The molecule has 0 aliphatic carbocycles. The van der Waals surface area contributed by atoms with E-state index in [2.05, 4.69) is 10.6 Å². The average molecular weight is 317 g/mol. The molecule has 0 spiro atoms. The second-order valence-corrected chi connectivity index (χ2v) is 5.14. The van der Waals surface area contributed by atoms with Crippen LogP contribution in [-0.2, 0) is 20.9 Å². The number of nitrogens with one attached hydrogen (secondary N) is 2. The zero-order valence-corrected chi connectivity index (χ0v) is 13.7. The maximum absolute atomic E-state index is 12.0. The summed E-state index contributed by atoms with van der Waals surface area (Å²) in [6, 6.07) is 8.91. The van der Waals surface area contributed by atoms with E-state index >= 15 is 0 Å². The molecule has 1 aromatic carbocycles. The summed E-state index contributed by atoms with van der Waals surface area (Å²) < 4.78 is 0. The minimum absolute atomic E-state index is 0.262. The van der Waals surface area contributed by atoms with Crippen molar-refractivity contribution in [3.8, 4) is 0 Å². The smallest absolute Gasteiger partial charge is 0.246 e. The van der Waals surface area contributed by atoms with Gasteiger partial charge in [-0.1, -0.05) is 30.3 Å². The van der Waals surface area contributed by atoms with Gasteiger partial charge in [0.05, 0.1) is 0 Å². The maximum atomic E-state index is 12.0. The summed E-state index contributed by atoms with van der Waals surface area (Å²) in [6.07, 6.45) is 2.34. The van der Waals surface area contributed by atoms with Crippen molar-refractivity contribution in [2.75, 3.05) is 13.6 Å². The molecule has 3 amide bonds. The van der Waals surface area contributed by atoms with E-state index < -0.39 is 11.9 Å². The Morgan fingerprint density at radius 3 is 2.43 bits per heavy atom. The lowest BCUT2D eigenvalue weighted by Crippen LogP contribution is -2.44. The first-order valence-electron chi connectivity index (χ1n) is 7.49. The van der Waals surface area contributed by atoms with Crippen molar-refractivity contribution in [1.82, 2.24) is 15.5 Å². The van der Waals surface area contributed by atoms with Crippen molar-refractivity contribution in [2.45, 2.75) is 26.4 Å². The van der Waals surface area contributed by atoms with E-state index in [-0.39, 0.29) is 11.8 Å². The van der Waals surface area contributed by atoms with Crippen molar-refractivity contribution in [2.24, 2.45) is 0 Å². The number of hydrogen-bond acceptors (Lipinski definition) is 3. The standard InChI is InChI=1S/C17H23N3O3/c1-4-18-17(23)13(2)19-15(21)10-11-16(22)20(3)12-14-8-6-5-7-9-14/h5-11,13H,4,12H2,1-3H3,(H,18,23)(H,19,21). The molecule has 6 nitrogen and oxygen atoms in total. The van der Waals surface area contributed by atoms with Crippen LogP contribution in [-0.4, -0.2) is 42.3 Å². The Kier molecular flexibility index (Phi) is 7.53. The largest absolute Gasteiger partial charge is 0.355 e. The number of carbonyl (C=O) groups is 3. The third-order valence-electron chi connectivity index (χ3n) is 3.12. The lowest BCUT2D eigenvalue weighted by Gasteiger charge is -2.15. The highest BCUT2D eigenvalue weighted by molar-refractivity contribution is 5.98. The lowest BCUT2D eigenvalue weighted by molar-refractivity contribution is -0.126. The van der Waals surface area contributed by atoms with Crippen LogP contribution in [0.3, 0.4) is 0 Å². The number of rotatable bonds is 7. The molecule has 0 aliphatic heterocycles. The van der Waals surface area contributed by atoms with Crippen LogP contribution in [0.1, 0.15) is 19.4 Å². The predicted octanol–water partition coefficient (Wildman–Crippen LogP) is 0.842. The molecule has 0 saturated carbocycles. The molecule has 0 aliphatic rings. The summed E-state index contributed by atoms with van der Waals surface area (Å²) in [5.41, 5.74) is 1.01. The van der Waals surface area contributed by atoms with E-state index in [0.717, 1.165) is 11.6 Å². The predicted molar refractivity (Wildman–Crippen MR) is 88.3 cm³/mol. The van der Waals surface area contributed by atoms with E-state index in [0.29, 0.717) is 13.1 Å². The molecule has 1 aromatic rings. The fraction of sp³-hybridized carbons (Fsp3) is 0.353. The molecule has 23 heavy (non-hydrogen) atoms. The van der Waals surface area contributed by atoms with E-state index in [1.165, 1.54) is 11.0 Å². The second kappa shape index (κ2) is 9.40. The van der Waals surface area contributed by atoms with Crippen LogP contribution < -0.4 is 10.6 Å². The minimum atomic E-state index is -0.649. The average Bonchev–Trinajstić information content (AvgIpc) is 2.53. The molecule has 1 unspecified atom stereocenters. The van der Waals surface area contributed by atoms with Gasteiger partial charge >= 0.3 is 0 Å². The van der Waals surface area contributed by atoms with Gasteiger partial charge in [-0.2, -0.15) is 0 Å². The second-order valence-electron chi connectivity index (χ2n) is 5.14. The van der Waals surface area contributed by atoms with Gasteiger partial charge in [0.2, 0.25) is 17.7 Å². The van der Waals surface area contributed by atoms with Crippen molar-refractivity contribution >= 4 is 17.7 Å². The SMILES string of the molecule is CCNC(=O)C(C)NC(=O)C=CC(=O)N(C)Cc1ccccc1. The number of hydrogen-bond donors (Lipinski definition) is 2. The topological polar surface area (TPSA) is 78.5 Å². The molecule has 1 atom stereocenters. The molecule has 0 bridgehead atoms. The highest BCUT2D eigenvalue weighted by Crippen LogP contribution is 2.03. The summed E-state index contributed by atoms with van der Waals surface area (Å²) >= 11 is 0. The quantitative estimate of drug-likeness (QED) is 0.732. The summed E-state index contributed by atoms with van der Waals surface area (Å²) in [6.45, 7) is 4.34. The lowest BCUT2D eigenvalue weighted by atomic mass is 10.2. The van der Waals surface area contributed by atoms with Crippen LogP contribution in [0, 0.1) is 0 Å². The van der Waals surface area contributed by atoms with Gasteiger partial charge in [-0.05, 0) is 19.4 Å². The van der Waals surface area contributed by atoms with Crippen LogP contribution in [0.5, 0.6) is 0 Å². The van der Waals surface area contributed by atoms with E-state index in [4.69, 9.17) is 0 Å². The molecule has 1 rings (SSSR count). The number of amides is 3. The van der Waals surface area contributed by atoms with Crippen molar-refractivity contribution in [3.05, 3.63) is 48.0 Å². The Morgan fingerprint density at radius 1 is 1.17 bits per heavy atom. The Hall–Kier alpha value is -2.63. The molecule has 0 aromatic heterocycles. The van der Waals surface area contributed by atoms with E-state index in [1.54, 1.807) is 20.9 Å². The summed E-state index contributed by atoms with van der Waals surface area (Å²) in [5.74, 6) is -1.03. The number of carbonyl (C=O) groups excluding carboxylic acids is 3. The van der Waals surface area contributed by atoms with Gasteiger partial charge in [0.15, 0.2) is 0 Å². The van der Waals surface area contributed by atoms with Gasteiger partial charge < -0.3 is 15.5 Å². The van der Waals surface area contributed by atoms with Crippen molar-refractivity contribution < 1.29 is 14.4 Å². The highest BCUT2D eigenvalue weighted by atomic mass is 16.2. The molecule has 0 heterocycles. The van der Waals surface area contributed by atoms with Crippen LogP contribution in [0.4, 0.5) is 0 Å². The molecule has 2 N–H and O–H groups in total. The fourth-order valence-corrected chi connectivity index (χ4v) is 1.86.